The van der Waals surface area contributed by atoms with Crippen LogP contribution in [0.4, 0.5) is 17.1 Å². The molecule has 0 saturated heterocycles. The SMILES string of the molecule is c1ccc(N(c2ccccc2)c2ccc(-c3ccc4c(c3)c3cc5c(cc3n4-c3ccccc3)c3ccccc3n5-c3ccccc3)cc2)cc1. The molecule has 3 heteroatoms. The van der Waals surface area contributed by atoms with Gasteiger partial charge in [0.1, 0.15) is 0 Å². The van der Waals surface area contributed by atoms with Gasteiger partial charge in [0.05, 0.1) is 22.1 Å². The van der Waals surface area contributed by atoms with E-state index >= 15 is 0 Å². The lowest BCUT2D eigenvalue weighted by Gasteiger charge is -2.25. The summed E-state index contributed by atoms with van der Waals surface area (Å²) in [5.74, 6) is 0. The Morgan fingerprint density at radius 1 is 0.275 bits per heavy atom. The summed E-state index contributed by atoms with van der Waals surface area (Å²) in [6.07, 6.45) is 0. The number of anilines is 3. The van der Waals surface area contributed by atoms with Gasteiger partial charge in [0.2, 0.25) is 0 Å². The largest absolute Gasteiger partial charge is 0.311 e. The van der Waals surface area contributed by atoms with E-state index in [1.165, 1.54) is 54.7 Å². The van der Waals surface area contributed by atoms with Crippen LogP contribution in [0.3, 0.4) is 0 Å². The first-order valence-corrected chi connectivity index (χ1v) is 17.4. The van der Waals surface area contributed by atoms with Crippen molar-refractivity contribution in [3.8, 4) is 22.5 Å². The Bertz CT molecular complexity index is 2780. The summed E-state index contributed by atoms with van der Waals surface area (Å²) >= 11 is 0. The average Bonchev–Trinajstić information content (AvgIpc) is 3.70. The third-order valence-electron chi connectivity index (χ3n) is 10.1. The van der Waals surface area contributed by atoms with Gasteiger partial charge in [-0.05, 0) is 102 Å². The molecular formula is C48H33N3. The molecule has 0 saturated carbocycles. The molecule has 0 N–H and O–H groups in total. The van der Waals surface area contributed by atoms with E-state index in [-0.39, 0.29) is 0 Å². The first kappa shape index (κ1) is 29.1. The lowest BCUT2D eigenvalue weighted by molar-refractivity contribution is 1.17. The van der Waals surface area contributed by atoms with E-state index in [1.54, 1.807) is 0 Å². The van der Waals surface area contributed by atoms with E-state index in [9.17, 15) is 0 Å². The van der Waals surface area contributed by atoms with Crippen LogP contribution in [-0.4, -0.2) is 9.13 Å². The predicted octanol–water partition coefficient (Wildman–Crippen LogP) is 13.0. The molecule has 0 amide bonds. The van der Waals surface area contributed by atoms with Crippen molar-refractivity contribution in [1.82, 2.24) is 9.13 Å². The summed E-state index contributed by atoms with van der Waals surface area (Å²) in [6, 6.07) is 72.0. The minimum atomic E-state index is 1.12. The minimum Gasteiger partial charge on any atom is -0.311 e. The molecule has 0 bridgehead atoms. The zero-order chi connectivity index (χ0) is 33.7. The summed E-state index contributed by atoms with van der Waals surface area (Å²) in [5, 5.41) is 4.97. The first-order chi connectivity index (χ1) is 25.3. The fraction of sp³-hybridized carbons (Fsp3) is 0. The summed E-state index contributed by atoms with van der Waals surface area (Å²) in [4.78, 5) is 2.30. The lowest BCUT2D eigenvalue weighted by Crippen LogP contribution is -2.09. The van der Waals surface area contributed by atoms with Gasteiger partial charge in [-0.15, -0.1) is 0 Å². The molecular weight excluding hydrogens is 619 g/mol. The van der Waals surface area contributed by atoms with Crippen LogP contribution in [0.2, 0.25) is 0 Å². The molecule has 10 aromatic rings. The van der Waals surface area contributed by atoms with Crippen LogP contribution in [0.1, 0.15) is 0 Å². The topological polar surface area (TPSA) is 13.1 Å². The highest BCUT2D eigenvalue weighted by molar-refractivity contribution is 6.19. The lowest BCUT2D eigenvalue weighted by atomic mass is 10.0. The van der Waals surface area contributed by atoms with Crippen molar-refractivity contribution in [3.63, 3.8) is 0 Å². The summed E-state index contributed by atoms with van der Waals surface area (Å²) in [6.45, 7) is 0. The van der Waals surface area contributed by atoms with Crippen LogP contribution in [0, 0.1) is 0 Å². The Morgan fingerprint density at radius 2 is 0.686 bits per heavy atom. The Hall–Kier alpha value is -6.84. The van der Waals surface area contributed by atoms with Crippen molar-refractivity contribution < 1.29 is 0 Å². The van der Waals surface area contributed by atoms with E-state index in [4.69, 9.17) is 0 Å². The molecule has 0 aliphatic heterocycles. The number of fused-ring (bicyclic) bond motifs is 6. The molecule has 0 unspecified atom stereocenters. The molecule has 0 aliphatic carbocycles. The first-order valence-electron chi connectivity index (χ1n) is 17.4. The molecule has 0 aliphatic rings. The minimum absolute atomic E-state index is 1.12. The number of rotatable bonds is 6. The van der Waals surface area contributed by atoms with Gasteiger partial charge in [-0.3, -0.25) is 0 Å². The van der Waals surface area contributed by atoms with Crippen LogP contribution in [-0.2, 0) is 0 Å². The number of nitrogens with zero attached hydrogens (tertiary/aromatic N) is 3. The zero-order valence-electron chi connectivity index (χ0n) is 27.9. The fourth-order valence-electron chi connectivity index (χ4n) is 7.78. The molecule has 10 rings (SSSR count). The third kappa shape index (κ3) is 4.82. The molecule has 0 atom stereocenters. The smallest absolute Gasteiger partial charge is 0.0548 e. The summed E-state index contributed by atoms with van der Waals surface area (Å²) in [5.41, 5.74) is 12.9. The standard InChI is InChI=1S/C48H33N3/c1-5-15-36(16-6-1)49(37-17-7-2-8-18-37)40-28-25-34(26-29-40)35-27-30-46-42(31-35)44-33-47-43(32-48(44)51(46)39-21-11-4-12-22-39)41-23-13-14-24-45(41)50(47)38-19-9-3-10-20-38/h1-33H. The van der Waals surface area contributed by atoms with Crippen molar-refractivity contribution in [2.75, 3.05) is 4.90 Å². The second kappa shape index (κ2) is 11.9. The highest BCUT2D eigenvalue weighted by atomic mass is 15.1. The Kier molecular flexibility index (Phi) is 6.81. The van der Waals surface area contributed by atoms with Gasteiger partial charge in [0.15, 0.2) is 0 Å². The van der Waals surface area contributed by atoms with E-state index in [0.717, 1.165) is 28.4 Å². The van der Waals surface area contributed by atoms with Crippen molar-refractivity contribution >= 4 is 60.7 Å². The van der Waals surface area contributed by atoms with Crippen molar-refractivity contribution in [1.29, 1.82) is 0 Å². The van der Waals surface area contributed by atoms with Gasteiger partial charge in [-0.2, -0.15) is 0 Å². The molecule has 240 valence electrons. The van der Waals surface area contributed by atoms with Gasteiger partial charge >= 0.3 is 0 Å². The van der Waals surface area contributed by atoms with Crippen molar-refractivity contribution in [3.05, 3.63) is 200 Å². The molecule has 3 nitrogen and oxygen atoms in total. The number of hydrogen-bond donors (Lipinski definition) is 0. The van der Waals surface area contributed by atoms with E-state index in [2.05, 4.69) is 214 Å². The third-order valence-corrected chi connectivity index (χ3v) is 10.1. The van der Waals surface area contributed by atoms with E-state index < -0.39 is 0 Å². The zero-order valence-corrected chi connectivity index (χ0v) is 27.9. The summed E-state index contributed by atoms with van der Waals surface area (Å²) in [7, 11) is 0. The highest BCUT2D eigenvalue weighted by Gasteiger charge is 2.19. The van der Waals surface area contributed by atoms with Gasteiger partial charge in [-0.1, -0.05) is 109 Å². The number of para-hydroxylation sites is 5. The second-order valence-corrected chi connectivity index (χ2v) is 13.0. The number of aromatic nitrogens is 2. The Labute approximate surface area is 296 Å². The molecule has 2 heterocycles. The molecule has 8 aromatic carbocycles. The van der Waals surface area contributed by atoms with Gasteiger partial charge in [-0.25, -0.2) is 0 Å². The molecule has 0 fully saturated rings. The highest BCUT2D eigenvalue weighted by Crippen LogP contribution is 2.41. The Balaban J connectivity index is 1.18. The van der Waals surface area contributed by atoms with E-state index in [0.29, 0.717) is 0 Å². The van der Waals surface area contributed by atoms with Crippen molar-refractivity contribution in [2.24, 2.45) is 0 Å². The predicted molar refractivity (Wildman–Crippen MR) is 215 cm³/mol. The maximum absolute atomic E-state index is 2.42. The Morgan fingerprint density at radius 3 is 1.25 bits per heavy atom. The van der Waals surface area contributed by atoms with Crippen molar-refractivity contribution in [2.45, 2.75) is 0 Å². The van der Waals surface area contributed by atoms with Gasteiger partial charge < -0.3 is 14.0 Å². The molecule has 2 aromatic heterocycles. The van der Waals surface area contributed by atoms with Gasteiger partial charge in [0, 0.05) is 50.0 Å². The number of benzene rings is 8. The molecule has 0 spiro atoms. The van der Waals surface area contributed by atoms with Crippen LogP contribution < -0.4 is 4.90 Å². The van der Waals surface area contributed by atoms with Crippen LogP contribution in [0.5, 0.6) is 0 Å². The van der Waals surface area contributed by atoms with Crippen LogP contribution in [0.15, 0.2) is 200 Å². The maximum atomic E-state index is 2.42. The normalized spacial score (nSPS) is 11.5. The molecule has 51 heavy (non-hydrogen) atoms. The monoisotopic (exact) mass is 651 g/mol. The summed E-state index contributed by atoms with van der Waals surface area (Å²) < 4.78 is 4.83. The maximum Gasteiger partial charge on any atom is 0.0548 e. The fourth-order valence-corrected chi connectivity index (χ4v) is 7.78. The van der Waals surface area contributed by atoms with Crippen LogP contribution in [0.25, 0.3) is 66.1 Å². The van der Waals surface area contributed by atoms with E-state index in [1.807, 2.05) is 0 Å². The van der Waals surface area contributed by atoms with Gasteiger partial charge in [0.25, 0.3) is 0 Å². The number of hydrogen-bond acceptors (Lipinski definition) is 1. The second-order valence-electron chi connectivity index (χ2n) is 13.0. The molecule has 0 radical (unpaired) electrons. The average molecular weight is 652 g/mol. The quantitative estimate of drug-likeness (QED) is 0.174. The van der Waals surface area contributed by atoms with Crippen LogP contribution >= 0.6 is 0 Å².